The third-order valence-electron chi connectivity index (χ3n) is 6.62. The van der Waals surface area contributed by atoms with Gasteiger partial charge in [0, 0.05) is 22.7 Å². The number of benzene rings is 2. The number of carbonyl (C=O) groups is 1. The Labute approximate surface area is 217 Å². The number of amides is 1. The predicted octanol–water partition coefficient (Wildman–Crippen LogP) is 6.67. The smallest absolute Gasteiger partial charge is 0.273 e. The molecule has 4 rings (SSSR count). The molecule has 2 aromatic carbocycles. The number of halogens is 1. The third kappa shape index (κ3) is 4.89. The number of ether oxygens (including phenoxy) is 2. The first-order valence-electron chi connectivity index (χ1n) is 12.6. The van der Waals surface area contributed by atoms with Gasteiger partial charge in [0.15, 0.2) is 11.5 Å². The van der Waals surface area contributed by atoms with Crippen molar-refractivity contribution in [2.75, 3.05) is 20.3 Å². The molecule has 0 bridgehead atoms. The van der Waals surface area contributed by atoms with Crippen molar-refractivity contribution in [3.05, 3.63) is 57.7 Å². The van der Waals surface area contributed by atoms with E-state index in [1.807, 2.05) is 36.9 Å². The van der Waals surface area contributed by atoms with E-state index in [4.69, 9.17) is 21.1 Å². The highest BCUT2D eigenvalue weighted by atomic mass is 35.5. The normalized spacial score (nSPS) is 14.9. The number of fused-ring (bicyclic) bond motifs is 1. The van der Waals surface area contributed by atoms with E-state index in [1.165, 1.54) is 12.8 Å². The molecule has 1 aromatic heterocycles. The minimum absolute atomic E-state index is 0.0655. The number of unbranched alkanes of at least 4 members (excludes halogenated alkanes) is 3. The maximum Gasteiger partial charge on any atom is 0.273 e. The third-order valence-corrected chi connectivity index (χ3v) is 7.03. The molecular weight excluding hydrogens is 478 g/mol. The fourth-order valence-corrected chi connectivity index (χ4v) is 4.92. The molecule has 2 heterocycles. The molecule has 192 valence electrons. The molecule has 0 fully saturated rings. The molecular formula is C28H34ClN3O4. The molecule has 0 saturated heterocycles. The molecule has 7 nitrogen and oxygen atoms in total. The van der Waals surface area contributed by atoms with Crippen molar-refractivity contribution in [1.29, 1.82) is 0 Å². The standard InChI is InChI=1S/C28H34ClN3O4/c1-5-7-8-9-13-36-22-11-10-18(15-23(22)35-4)27-24-25(19-16-20(29)17(3)14-21(19)33)30-31-26(24)28(34)32(27)12-6-2/h10-11,14-16,27,33H,5-9,12-13H2,1-4H3,(H,30,31). The zero-order valence-electron chi connectivity index (χ0n) is 21.4. The molecule has 0 radical (unpaired) electrons. The lowest BCUT2D eigenvalue weighted by atomic mass is 9.95. The molecule has 0 saturated carbocycles. The highest BCUT2D eigenvalue weighted by Crippen LogP contribution is 2.46. The van der Waals surface area contributed by atoms with Gasteiger partial charge in [0.05, 0.1) is 19.8 Å². The van der Waals surface area contributed by atoms with E-state index in [9.17, 15) is 9.90 Å². The largest absolute Gasteiger partial charge is 0.507 e. The number of hydrogen-bond acceptors (Lipinski definition) is 5. The number of hydrogen-bond donors (Lipinski definition) is 2. The van der Waals surface area contributed by atoms with Gasteiger partial charge in [-0.05, 0) is 55.2 Å². The molecule has 8 heteroatoms. The number of H-pyrrole nitrogens is 1. The van der Waals surface area contributed by atoms with E-state index in [0.29, 0.717) is 46.6 Å². The van der Waals surface area contributed by atoms with Crippen LogP contribution in [0.25, 0.3) is 11.3 Å². The molecule has 1 amide bonds. The average Bonchev–Trinajstić information content (AvgIpc) is 3.40. The topological polar surface area (TPSA) is 87.7 Å². The molecule has 1 atom stereocenters. The number of aromatic amines is 1. The van der Waals surface area contributed by atoms with Crippen molar-refractivity contribution in [3.63, 3.8) is 0 Å². The fraction of sp³-hybridized carbons (Fsp3) is 0.429. The number of aromatic hydroxyl groups is 1. The average molecular weight is 512 g/mol. The Kier molecular flexibility index (Phi) is 8.09. The van der Waals surface area contributed by atoms with Crippen LogP contribution in [0.3, 0.4) is 0 Å². The number of aryl methyl sites for hydroxylation is 1. The van der Waals surface area contributed by atoms with Crippen molar-refractivity contribution in [1.82, 2.24) is 15.1 Å². The number of phenolic OH excluding ortho intramolecular Hbond substituents is 1. The van der Waals surface area contributed by atoms with Crippen LogP contribution in [0.5, 0.6) is 17.2 Å². The number of nitrogens with zero attached hydrogens (tertiary/aromatic N) is 2. The Balaban J connectivity index is 1.74. The van der Waals surface area contributed by atoms with Crippen molar-refractivity contribution in [2.45, 2.75) is 58.9 Å². The summed E-state index contributed by atoms with van der Waals surface area (Å²) in [6.45, 7) is 7.25. The van der Waals surface area contributed by atoms with E-state index >= 15 is 0 Å². The zero-order valence-corrected chi connectivity index (χ0v) is 22.1. The lowest BCUT2D eigenvalue weighted by Gasteiger charge is -2.26. The SMILES string of the molecule is CCCCCCOc1ccc(C2c3c(-c4cc(Cl)c(C)cc4O)n[nH]c3C(=O)N2CCC)cc1OC. The van der Waals surface area contributed by atoms with Crippen LogP contribution in [0.2, 0.25) is 5.02 Å². The second-order valence-electron chi connectivity index (χ2n) is 9.20. The van der Waals surface area contributed by atoms with Crippen LogP contribution in [0.15, 0.2) is 30.3 Å². The van der Waals surface area contributed by atoms with Gasteiger partial charge in [-0.15, -0.1) is 0 Å². The second kappa shape index (κ2) is 11.2. The van der Waals surface area contributed by atoms with Crippen molar-refractivity contribution in [2.24, 2.45) is 0 Å². The Bertz CT molecular complexity index is 1240. The summed E-state index contributed by atoms with van der Waals surface area (Å²) in [5.74, 6) is 1.24. The van der Waals surface area contributed by atoms with Crippen molar-refractivity contribution >= 4 is 17.5 Å². The van der Waals surface area contributed by atoms with Gasteiger partial charge in [0.2, 0.25) is 0 Å². The maximum absolute atomic E-state index is 13.4. The van der Waals surface area contributed by atoms with Gasteiger partial charge in [-0.25, -0.2) is 0 Å². The number of carbonyl (C=O) groups excluding carboxylic acids is 1. The predicted molar refractivity (Wildman–Crippen MR) is 141 cm³/mol. The Morgan fingerprint density at radius 1 is 1.11 bits per heavy atom. The van der Waals surface area contributed by atoms with Gasteiger partial charge < -0.3 is 19.5 Å². The van der Waals surface area contributed by atoms with Crippen LogP contribution >= 0.6 is 11.6 Å². The Hall–Kier alpha value is -3.19. The first-order chi connectivity index (χ1) is 17.4. The highest BCUT2D eigenvalue weighted by molar-refractivity contribution is 6.31. The van der Waals surface area contributed by atoms with E-state index in [0.717, 1.165) is 36.0 Å². The Morgan fingerprint density at radius 2 is 1.92 bits per heavy atom. The summed E-state index contributed by atoms with van der Waals surface area (Å²) < 4.78 is 11.7. The molecule has 2 N–H and O–H groups in total. The van der Waals surface area contributed by atoms with Crippen LogP contribution < -0.4 is 9.47 Å². The number of rotatable bonds is 11. The molecule has 36 heavy (non-hydrogen) atoms. The molecule has 1 aliphatic rings. The van der Waals surface area contributed by atoms with E-state index in [-0.39, 0.29) is 11.7 Å². The summed E-state index contributed by atoms with van der Waals surface area (Å²) in [5.41, 5.74) is 3.79. The van der Waals surface area contributed by atoms with Gasteiger partial charge in [0.25, 0.3) is 5.91 Å². The number of phenols is 1. The highest BCUT2D eigenvalue weighted by Gasteiger charge is 2.42. The summed E-state index contributed by atoms with van der Waals surface area (Å²) in [5, 5.41) is 18.6. The lowest BCUT2D eigenvalue weighted by molar-refractivity contribution is 0.0743. The molecule has 0 aliphatic carbocycles. The van der Waals surface area contributed by atoms with Crippen LogP contribution in [-0.4, -0.2) is 46.4 Å². The molecule has 1 aliphatic heterocycles. The summed E-state index contributed by atoms with van der Waals surface area (Å²) in [6.07, 6.45) is 5.29. The number of aromatic nitrogens is 2. The second-order valence-corrected chi connectivity index (χ2v) is 9.61. The maximum atomic E-state index is 13.4. The molecule has 1 unspecified atom stereocenters. The quantitative estimate of drug-likeness (QED) is 0.281. The fourth-order valence-electron chi connectivity index (χ4n) is 4.76. The first-order valence-corrected chi connectivity index (χ1v) is 13.0. The minimum atomic E-state index is -0.395. The van der Waals surface area contributed by atoms with Crippen LogP contribution in [0.1, 0.15) is 79.2 Å². The summed E-state index contributed by atoms with van der Waals surface area (Å²) in [6, 6.07) is 8.72. The monoisotopic (exact) mass is 511 g/mol. The van der Waals surface area contributed by atoms with Crippen LogP contribution in [-0.2, 0) is 0 Å². The summed E-state index contributed by atoms with van der Waals surface area (Å²) >= 11 is 6.38. The van der Waals surface area contributed by atoms with Gasteiger partial charge >= 0.3 is 0 Å². The van der Waals surface area contributed by atoms with Crippen LogP contribution in [0.4, 0.5) is 0 Å². The van der Waals surface area contributed by atoms with Gasteiger partial charge in [-0.1, -0.05) is 50.8 Å². The van der Waals surface area contributed by atoms with Crippen LogP contribution in [0, 0.1) is 6.92 Å². The van der Waals surface area contributed by atoms with E-state index in [2.05, 4.69) is 17.1 Å². The first kappa shape index (κ1) is 25.9. The Morgan fingerprint density at radius 3 is 2.64 bits per heavy atom. The minimum Gasteiger partial charge on any atom is -0.507 e. The van der Waals surface area contributed by atoms with Crippen molar-refractivity contribution < 1.29 is 19.4 Å². The van der Waals surface area contributed by atoms with E-state index < -0.39 is 6.04 Å². The molecule has 3 aromatic rings. The summed E-state index contributed by atoms with van der Waals surface area (Å²) in [4.78, 5) is 15.2. The number of nitrogens with one attached hydrogen (secondary N) is 1. The van der Waals surface area contributed by atoms with Crippen molar-refractivity contribution in [3.8, 4) is 28.5 Å². The van der Waals surface area contributed by atoms with E-state index in [1.54, 1.807) is 19.2 Å². The van der Waals surface area contributed by atoms with Gasteiger partial charge in [-0.2, -0.15) is 5.10 Å². The van der Waals surface area contributed by atoms with Gasteiger partial charge in [-0.3, -0.25) is 9.89 Å². The van der Waals surface area contributed by atoms with Gasteiger partial charge in [0.1, 0.15) is 17.1 Å². The lowest BCUT2D eigenvalue weighted by Crippen LogP contribution is -2.30. The summed E-state index contributed by atoms with van der Waals surface area (Å²) in [7, 11) is 1.62. The zero-order chi connectivity index (χ0) is 25.8. The molecule has 0 spiro atoms. The number of methoxy groups -OCH3 is 1.